The van der Waals surface area contributed by atoms with Crippen LogP contribution in [0.2, 0.25) is 0 Å². The lowest BCUT2D eigenvalue weighted by Gasteiger charge is -2.09. The number of nitrogens with zero attached hydrogens (tertiary/aromatic N) is 5. The Bertz CT molecular complexity index is 1240. The Hall–Kier alpha value is -3.81. The fourth-order valence-corrected chi connectivity index (χ4v) is 3.13. The smallest absolute Gasteiger partial charge is 0.267 e. The molecule has 0 aromatic carbocycles. The van der Waals surface area contributed by atoms with Gasteiger partial charge in [0.1, 0.15) is 11.5 Å². The second kappa shape index (κ2) is 8.51. The maximum Gasteiger partial charge on any atom is 0.267 e. The molecule has 0 spiro atoms. The van der Waals surface area contributed by atoms with Crippen molar-refractivity contribution in [2.75, 3.05) is 0 Å². The van der Waals surface area contributed by atoms with Crippen molar-refractivity contribution in [3.05, 3.63) is 76.3 Å². The molecule has 4 aromatic heterocycles. The summed E-state index contributed by atoms with van der Waals surface area (Å²) in [6.07, 6.45) is 5.11. The second-order valence-corrected chi connectivity index (χ2v) is 7.55. The maximum atomic E-state index is 12.7. The van der Waals surface area contributed by atoms with Gasteiger partial charge in [0.2, 0.25) is 5.88 Å². The average Bonchev–Trinajstić information content (AvgIpc) is 3.10. The highest BCUT2D eigenvalue weighted by Crippen LogP contribution is 2.25. The molecule has 4 heterocycles. The van der Waals surface area contributed by atoms with Crippen LogP contribution in [-0.2, 0) is 6.54 Å². The molecule has 0 fully saturated rings. The van der Waals surface area contributed by atoms with E-state index in [0.717, 1.165) is 22.4 Å². The predicted molar refractivity (Wildman–Crippen MR) is 116 cm³/mol. The van der Waals surface area contributed by atoms with Crippen LogP contribution in [0, 0.1) is 13.8 Å². The van der Waals surface area contributed by atoms with Crippen molar-refractivity contribution in [2.45, 2.75) is 40.3 Å². The van der Waals surface area contributed by atoms with Crippen LogP contribution in [-0.4, -0.2) is 31.0 Å². The number of aromatic nitrogens is 5. The SMILES string of the molecule is Cc1ccc(-c2noc(C)c2Cn2ncc(-c3ccc(OC(C)C)nc3)cc2=O)cn1. The van der Waals surface area contributed by atoms with E-state index in [-0.39, 0.29) is 18.2 Å². The van der Waals surface area contributed by atoms with Crippen LogP contribution in [0.15, 0.2) is 58.2 Å². The third kappa shape index (κ3) is 4.53. The van der Waals surface area contributed by atoms with Crippen LogP contribution in [0.4, 0.5) is 0 Å². The number of aryl methyl sites for hydroxylation is 2. The molecule has 0 unspecified atom stereocenters. The summed E-state index contributed by atoms with van der Waals surface area (Å²) in [5.41, 5.74) is 4.45. The van der Waals surface area contributed by atoms with E-state index in [1.165, 1.54) is 4.68 Å². The Morgan fingerprint density at radius 2 is 1.77 bits per heavy atom. The van der Waals surface area contributed by atoms with Gasteiger partial charge < -0.3 is 9.26 Å². The Morgan fingerprint density at radius 3 is 2.42 bits per heavy atom. The zero-order valence-corrected chi connectivity index (χ0v) is 17.9. The Morgan fingerprint density at radius 1 is 1.00 bits per heavy atom. The van der Waals surface area contributed by atoms with E-state index in [2.05, 4.69) is 20.2 Å². The van der Waals surface area contributed by atoms with E-state index >= 15 is 0 Å². The summed E-state index contributed by atoms with van der Waals surface area (Å²) >= 11 is 0. The summed E-state index contributed by atoms with van der Waals surface area (Å²) in [4.78, 5) is 21.4. The first kappa shape index (κ1) is 20.5. The van der Waals surface area contributed by atoms with Crippen molar-refractivity contribution in [3.8, 4) is 28.3 Å². The molecule has 0 bridgehead atoms. The number of ether oxygens (including phenoxy) is 1. The van der Waals surface area contributed by atoms with Crippen LogP contribution in [0.1, 0.15) is 30.9 Å². The zero-order chi connectivity index (χ0) is 22.0. The largest absolute Gasteiger partial charge is 0.475 e. The summed E-state index contributed by atoms with van der Waals surface area (Å²) in [6.45, 7) is 7.87. The maximum absolute atomic E-state index is 12.7. The normalized spacial score (nSPS) is 11.1. The van der Waals surface area contributed by atoms with Gasteiger partial charge in [-0.05, 0) is 45.9 Å². The Labute approximate surface area is 179 Å². The van der Waals surface area contributed by atoms with Gasteiger partial charge in [-0.25, -0.2) is 9.67 Å². The summed E-state index contributed by atoms with van der Waals surface area (Å²) < 4.78 is 12.3. The average molecular weight is 417 g/mol. The van der Waals surface area contributed by atoms with Crippen LogP contribution in [0.5, 0.6) is 5.88 Å². The predicted octanol–water partition coefficient (Wildman–Crippen LogP) is 3.81. The fraction of sp³-hybridized carbons (Fsp3) is 0.261. The molecule has 0 amide bonds. The molecule has 158 valence electrons. The van der Waals surface area contributed by atoms with Gasteiger partial charge >= 0.3 is 0 Å². The molecule has 4 aromatic rings. The molecule has 0 aliphatic carbocycles. The molecule has 8 nitrogen and oxygen atoms in total. The molecule has 0 aliphatic rings. The zero-order valence-electron chi connectivity index (χ0n) is 17.9. The number of hydrogen-bond acceptors (Lipinski definition) is 7. The molecule has 0 saturated carbocycles. The van der Waals surface area contributed by atoms with Gasteiger partial charge in [-0.3, -0.25) is 9.78 Å². The van der Waals surface area contributed by atoms with Gasteiger partial charge in [0, 0.05) is 52.5 Å². The van der Waals surface area contributed by atoms with Crippen molar-refractivity contribution >= 4 is 0 Å². The third-order valence-electron chi connectivity index (χ3n) is 4.77. The van der Waals surface area contributed by atoms with Crippen molar-refractivity contribution in [2.24, 2.45) is 0 Å². The molecule has 0 atom stereocenters. The first-order valence-electron chi connectivity index (χ1n) is 9.99. The summed E-state index contributed by atoms with van der Waals surface area (Å²) in [5.74, 6) is 1.18. The second-order valence-electron chi connectivity index (χ2n) is 7.55. The van der Waals surface area contributed by atoms with E-state index < -0.39 is 0 Å². The number of rotatable bonds is 6. The fourth-order valence-electron chi connectivity index (χ4n) is 3.13. The highest BCUT2D eigenvalue weighted by atomic mass is 16.5. The molecule has 8 heteroatoms. The van der Waals surface area contributed by atoms with Gasteiger partial charge in [0.15, 0.2) is 0 Å². The standard InChI is InChI=1S/C23H23N5O3/c1-14(2)30-21-8-7-17(10-25-21)19-9-22(29)28(26-12-19)13-20-16(4)31-27-23(20)18-6-5-15(3)24-11-18/h5-12,14H,13H2,1-4H3. The van der Waals surface area contributed by atoms with Gasteiger partial charge in [-0.1, -0.05) is 5.16 Å². The summed E-state index contributed by atoms with van der Waals surface area (Å²) in [6, 6.07) is 9.03. The minimum Gasteiger partial charge on any atom is -0.475 e. The molecule has 31 heavy (non-hydrogen) atoms. The van der Waals surface area contributed by atoms with Crippen molar-refractivity contribution in [1.82, 2.24) is 24.9 Å². The highest BCUT2D eigenvalue weighted by Gasteiger charge is 2.17. The van der Waals surface area contributed by atoms with Crippen molar-refractivity contribution < 1.29 is 9.26 Å². The minimum atomic E-state index is -0.228. The minimum absolute atomic E-state index is 0.0467. The lowest BCUT2D eigenvalue weighted by Crippen LogP contribution is -2.23. The van der Waals surface area contributed by atoms with Gasteiger partial charge in [-0.15, -0.1) is 0 Å². The molecule has 4 rings (SSSR count). The molecule has 0 aliphatic heterocycles. The molecule has 0 saturated heterocycles. The first-order valence-corrected chi connectivity index (χ1v) is 9.99. The van der Waals surface area contributed by atoms with Crippen LogP contribution < -0.4 is 10.3 Å². The van der Waals surface area contributed by atoms with E-state index in [1.54, 1.807) is 30.7 Å². The van der Waals surface area contributed by atoms with Gasteiger partial charge in [-0.2, -0.15) is 5.10 Å². The Balaban J connectivity index is 1.59. The van der Waals surface area contributed by atoms with Gasteiger partial charge in [0.25, 0.3) is 5.56 Å². The topological polar surface area (TPSA) is 95.9 Å². The monoisotopic (exact) mass is 417 g/mol. The lowest BCUT2D eigenvalue weighted by atomic mass is 10.1. The quantitative estimate of drug-likeness (QED) is 0.471. The highest BCUT2D eigenvalue weighted by molar-refractivity contribution is 5.63. The van der Waals surface area contributed by atoms with Crippen LogP contribution in [0.25, 0.3) is 22.4 Å². The Kier molecular flexibility index (Phi) is 5.62. The van der Waals surface area contributed by atoms with E-state index in [4.69, 9.17) is 9.26 Å². The molecular formula is C23H23N5O3. The summed E-state index contributed by atoms with van der Waals surface area (Å²) in [5, 5.41) is 8.51. The van der Waals surface area contributed by atoms with Crippen LogP contribution >= 0.6 is 0 Å². The van der Waals surface area contributed by atoms with Crippen molar-refractivity contribution in [1.29, 1.82) is 0 Å². The first-order chi connectivity index (χ1) is 14.9. The molecule has 0 radical (unpaired) electrons. The van der Waals surface area contributed by atoms with E-state index in [0.29, 0.717) is 22.9 Å². The van der Waals surface area contributed by atoms with Gasteiger partial charge in [0.05, 0.1) is 18.8 Å². The van der Waals surface area contributed by atoms with E-state index in [9.17, 15) is 4.79 Å². The van der Waals surface area contributed by atoms with Crippen molar-refractivity contribution in [3.63, 3.8) is 0 Å². The lowest BCUT2D eigenvalue weighted by molar-refractivity contribution is 0.232. The van der Waals surface area contributed by atoms with Crippen LogP contribution in [0.3, 0.4) is 0 Å². The molecular weight excluding hydrogens is 394 g/mol. The van der Waals surface area contributed by atoms with E-state index in [1.807, 2.05) is 45.9 Å². The summed E-state index contributed by atoms with van der Waals surface area (Å²) in [7, 11) is 0. The number of pyridine rings is 2. The third-order valence-corrected chi connectivity index (χ3v) is 4.77. The molecule has 0 N–H and O–H groups in total. The number of hydrogen-bond donors (Lipinski definition) is 0.